The molecule has 756 valence electrons. The van der Waals surface area contributed by atoms with E-state index in [4.69, 9.17) is 188 Å². The fraction of sp³-hybridized carbons (Fsp3) is 0.956. The molecular formula is C90H163Cl6FN2O29. The van der Waals surface area contributed by atoms with E-state index < -0.39 is 199 Å². The van der Waals surface area contributed by atoms with Crippen LogP contribution in [0.1, 0.15) is 265 Å². The van der Waals surface area contributed by atoms with Crippen LogP contribution in [0.25, 0.3) is 0 Å². The van der Waals surface area contributed by atoms with Gasteiger partial charge in [-0.05, 0) is 90.9 Å². The third-order valence-electron chi connectivity index (χ3n) is 20.9. The van der Waals surface area contributed by atoms with E-state index in [1.165, 1.54) is 13.8 Å². The average Bonchev–Trinajstić information content (AvgIpc) is 0.763. The van der Waals surface area contributed by atoms with Crippen LogP contribution in [-0.2, 0) is 128 Å². The normalized spacial score (nSPS) is 24.8. The first kappa shape index (κ1) is 120. The highest BCUT2D eigenvalue weighted by Crippen LogP contribution is 2.38. The summed E-state index contributed by atoms with van der Waals surface area (Å²) < 4.78 is 180. The number of alkyl halides is 7. The van der Waals surface area contributed by atoms with Crippen molar-refractivity contribution in [1.29, 1.82) is 0 Å². The number of carbonyl (C=O) groups excluding carboxylic acids is 4. The van der Waals surface area contributed by atoms with Crippen molar-refractivity contribution in [1.82, 2.24) is 10.6 Å². The van der Waals surface area contributed by atoms with Gasteiger partial charge in [0.15, 0.2) is 37.4 Å². The number of unbranched alkanes of at least 4 members (excludes halogenated alkanes) is 12. The van der Waals surface area contributed by atoms with Gasteiger partial charge in [-0.1, -0.05) is 230 Å². The van der Waals surface area contributed by atoms with Crippen molar-refractivity contribution in [2.75, 3.05) is 139 Å². The molecule has 9 unspecified atom stereocenters. The Bertz CT molecular complexity index is 2760. The highest BCUT2D eigenvalue weighted by Gasteiger charge is 2.57. The Morgan fingerprint density at radius 1 is 0.359 bits per heavy atom. The molecule has 3 heterocycles. The molecule has 31 nitrogen and oxygen atoms in total. The molecule has 0 radical (unpaired) electrons. The van der Waals surface area contributed by atoms with E-state index in [1.54, 1.807) is 6.92 Å². The van der Waals surface area contributed by atoms with E-state index in [1.807, 2.05) is 69.2 Å². The van der Waals surface area contributed by atoms with Crippen LogP contribution in [0.3, 0.4) is 0 Å². The van der Waals surface area contributed by atoms with Crippen molar-refractivity contribution in [3.05, 3.63) is 0 Å². The minimum atomic E-state index is -2.50. The predicted octanol–water partition coefficient (Wildman–Crippen LogP) is 17.6. The summed E-state index contributed by atoms with van der Waals surface area (Å²) in [6, 6.07) is -3.00. The van der Waals surface area contributed by atoms with Crippen LogP contribution in [0.15, 0.2) is 0 Å². The molecule has 0 aromatic carbocycles. The monoisotopic (exact) mass is 1960 g/mol. The lowest BCUT2D eigenvalue weighted by Gasteiger charge is -2.50. The Balaban J connectivity index is 2.52. The summed E-state index contributed by atoms with van der Waals surface area (Å²) in [5.74, 6) is -1.34. The van der Waals surface area contributed by atoms with Crippen molar-refractivity contribution in [2.24, 2.45) is 0 Å². The fourth-order valence-electron chi connectivity index (χ4n) is 13.5. The van der Waals surface area contributed by atoms with Gasteiger partial charge in [0, 0.05) is 93.1 Å². The van der Waals surface area contributed by atoms with Gasteiger partial charge in [-0.25, -0.2) is 14.0 Å². The molecule has 2 N–H and O–H groups in total. The second kappa shape index (κ2) is 72.6. The number of ether oxygens (including phenoxy) is 25. The standard InChI is InChI=1S/C90H163Cl6FN2O29/c1-17-29-41-104-53-66(62(13)110-47-35-23-7)122-83(72(119-64(15)100)58-109-46-34-22-6)127-76-70(56-107-44-32-20-4)124-85(74(79(76)114-51-39-27-11)99-88(103)118-61-90(94,95)96)126-71(57-108-45-33-21-5)82(97)121-67(63(14)111-48-36-24-8)59-116-84-73(98-87(102)117-60-89(91,92)93)78(113-50-38-26-10)77(69(123-84)55-106-43-31-19-3)128-86-81(120-65(16)101)80(115-52-40-28-12)75(112-49-37-25-9)68(125-86)54-105-42-30-18-2/h62-63,66-86H,17-61H2,1-16H3,(H,98,102)(H,99,103)/t62-,63+,66?,67?,68?,69?,70?,71-,72+,73+,74+,75+,76-,77-,78?,79?,80?,81?,82+,83+,84-,85+,86+/m1/s1. The number of halogens is 7. The van der Waals surface area contributed by atoms with Crippen LogP contribution in [-0.4, -0.2) is 312 Å². The van der Waals surface area contributed by atoms with Gasteiger partial charge in [-0.3, -0.25) is 9.59 Å². The quantitative estimate of drug-likeness (QED) is 0.0188. The highest BCUT2D eigenvalue weighted by atomic mass is 35.6. The average molecular weight is 1970 g/mol. The van der Waals surface area contributed by atoms with Crippen LogP contribution in [0, 0.1) is 0 Å². The first-order valence-electron chi connectivity index (χ1n) is 47.6. The molecule has 3 aliphatic heterocycles. The molecule has 0 aromatic rings. The summed E-state index contributed by atoms with van der Waals surface area (Å²) in [7, 11) is 0. The number of carbonyl (C=O) groups is 4. The van der Waals surface area contributed by atoms with Gasteiger partial charge < -0.3 is 129 Å². The SMILES string of the molecule is CCCCOCC1O[C@@H](OCC(O[C@H](F)[C@@H](COCCCC)O[C@@H]2OC(COCCCC)[C@@H](O[C@H](OC(COCCCC)[C@@H](C)OCCCC)[C@H](COCCCC)OC(C)=O)C(OCCCC)[C@@H]2NC(=O)OCC(Cl)(Cl)Cl)[C@H](C)OCCCC)[C@@H](NC(=O)OCC(Cl)(Cl)Cl)C(OCCCC)[C@@H]1O[C@@H]1OC(COCCCC)[C@H](OCCCC)C(OCCCC)C1OC(C)=O. The third-order valence-corrected chi connectivity index (χ3v) is 21.6. The number of amides is 2. The number of esters is 2. The van der Waals surface area contributed by atoms with Crippen molar-refractivity contribution >= 4 is 93.7 Å². The Morgan fingerprint density at radius 2 is 0.711 bits per heavy atom. The number of hydrogen-bond donors (Lipinski definition) is 2. The van der Waals surface area contributed by atoms with E-state index in [2.05, 4.69) is 31.4 Å². The van der Waals surface area contributed by atoms with Gasteiger partial charge in [-0.2, -0.15) is 0 Å². The van der Waals surface area contributed by atoms with Gasteiger partial charge in [0.2, 0.25) is 13.9 Å². The van der Waals surface area contributed by atoms with Gasteiger partial charge in [-0.15, -0.1) is 0 Å². The van der Waals surface area contributed by atoms with Gasteiger partial charge in [0.1, 0.15) is 98.5 Å². The smallest absolute Gasteiger partial charge is 0.407 e. The van der Waals surface area contributed by atoms with E-state index in [9.17, 15) is 19.2 Å². The number of hydrogen-bond acceptors (Lipinski definition) is 29. The fourth-order valence-corrected chi connectivity index (χ4v) is 13.8. The summed E-state index contributed by atoms with van der Waals surface area (Å²) in [6.45, 7) is 30.3. The molecule has 2 amide bonds. The van der Waals surface area contributed by atoms with Crippen LogP contribution in [0.5, 0.6) is 0 Å². The minimum absolute atomic E-state index is 0.0304. The lowest BCUT2D eigenvalue weighted by molar-refractivity contribution is -0.360. The maximum Gasteiger partial charge on any atom is 0.407 e. The topological polar surface area (TPSA) is 323 Å². The van der Waals surface area contributed by atoms with Gasteiger partial charge >= 0.3 is 24.1 Å². The number of nitrogens with one attached hydrogen (secondary N) is 2. The zero-order chi connectivity index (χ0) is 94.5. The van der Waals surface area contributed by atoms with E-state index in [0.29, 0.717) is 110 Å². The second-order valence-corrected chi connectivity index (χ2v) is 37.6. The number of rotatable bonds is 77. The van der Waals surface area contributed by atoms with Gasteiger partial charge in [0.25, 0.3) is 0 Å². The lowest BCUT2D eigenvalue weighted by atomic mass is 9.94. The van der Waals surface area contributed by atoms with Crippen molar-refractivity contribution in [3.8, 4) is 0 Å². The van der Waals surface area contributed by atoms with Crippen LogP contribution in [0.2, 0.25) is 0 Å². The van der Waals surface area contributed by atoms with Crippen molar-refractivity contribution < 1.29 is 142 Å². The van der Waals surface area contributed by atoms with E-state index in [0.717, 1.165) is 77.0 Å². The first-order valence-corrected chi connectivity index (χ1v) is 49.8. The molecule has 0 bridgehead atoms. The number of alkyl carbamates (subject to hydrolysis) is 2. The molecule has 128 heavy (non-hydrogen) atoms. The largest absolute Gasteiger partial charge is 0.455 e. The molecular weight excluding hydrogens is 1800 g/mol. The summed E-state index contributed by atoms with van der Waals surface area (Å²) in [5, 5.41) is 5.74. The molecule has 3 fully saturated rings. The third kappa shape index (κ3) is 50.6. The molecule has 0 saturated carbocycles. The van der Waals surface area contributed by atoms with Crippen LogP contribution < -0.4 is 10.6 Å². The Kier molecular flexibility index (Phi) is 68.3. The van der Waals surface area contributed by atoms with Crippen molar-refractivity contribution in [2.45, 2.75) is 414 Å². The predicted molar refractivity (Wildman–Crippen MR) is 487 cm³/mol. The summed E-state index contributed by atoms with van der Waals surface area (Å²) in [6.07, 6.45) is -12.7. The molecule has 23 atom stereocenters. The second-order valence-electron chi connectivity index (χ2n) is 32.5. The molecule has 3 saturated heterocycles. The molecule has 3 rings (SSSR count). The summed E-state index contributed by atoms with van der Waals surface area (Å²) in [5.41, 5.74) is 0. The molecule has 3 aliphatic rings. The summed E-state index contributed by atoms with van der Waals surface area (Å²) >= 11 is 37.4. The zero-order valence-corrected chi connectivity index (χ0v) is 84.1. The Hall–Kier alpha value is -1.69. The molecule has 0 aliphatic carbocycles. The van der Waals surface area contributed by atoms with Crippen LogP contribution in [0.4, 0.5) is 14.0 Å². The Labute approximate surface area is 794 Å². The summed E-state index contributed by atoms with van der Waals surface area (Å²) in [4.78, 5) is 56.2. The van der Waals surface area contributed by atoms with E-state index in [-0.39, 0.29) is 79.3 Å². The zero-order valence-electron chi connectivity index (χ0n) is 79.6. The highest BCUT2D eigenvalue weighted by molar-refractivity contribution is 6.68. The molecule has 0 spiro atoms. The maximum absolute atomic E-state index is 19.0. The van der Waals surface area contributed by atoms with Crippen molar-refractivity contribution in [3.63, 3.8) is 0 Å². The van der Waals surface area contributed by atoms with E-state index >= 15 is 4.39 Å². The van der Waals surface area contributed by atoms with Gasteiger partial charge in [0.05, 0.1) is 58.5 Å². The Morgan fingerprint density at radius 3 is 1.14 bits per heavy atom. The lowest BCUT2D eigenvalue weighted by Crippen LogP contribution is -2.69. The maximum atomic E-state index is 19.0. The van der Waals surface area contributed by atoms with Crippen LogP contribution >= 0.6 is 69.6 Å². The first-order chi connectivity index (χ1) is 61.6. The molecule has 38 heteroatoms. The molecule has 0 aromatic heterocycles. The minimum Gasteiger partial charge on any atom is -0.455 e.